The number of carbonyl (C=O) groups excluding carboxylic acids is 4. The van der Waals surface area contributed by atoms with Crippen LogP contribution in [0, 0.1) is 5.92 Å². The van der Waals surface area contributed by atoms with Crippen molar-refractivity contribution in [2.75, 3.05) is 6.54 Å². The molecule has 2 heterocycles. The molecule has 13 heteroatoms. The molecule has 0 radical (unpaired) electrons. The van der Waals surface area contributed by atoms with Crippen LogP contribution < -0.4 is 21.7 Å². The summed E-state index contributed by atoms with van der Waals surface area (Å²) in [6.07, 6.45) is 12.7. The van der Waals surface area contributed by atoms with E-state index in [1.54, 1.807) is 27.7 Å². The van der Waals surface area contributed by atoms with Gasteiger partial charge in [-0.15, -0.1) is 0 Å². The number of aliphatic hydroxyl groups excluding tert-OH is 1. The zero-order chi connectivity index (χ0) is 42.4. The van der Waals surface area contributed by atoms with Crippen LogP contribution in [-0.2, 0) is 24.2 Å². The van der Waals surface area contributed by atoms with Crippen LogP contribution in [0.15, 0.2) is 0 Å². The number of amides is 4. The third-order valence-corrected chi connectivity index (χ3v) is 14.0. The van der Waals surface area contributed by atoms with E-state index in [4.69, 9.17) is 5.73 Å². The summed E-state index contributed by atoms with van der Waals surface area (Å²) in [5.74, 6) is -1.49. The fourth-order valence-corrected chi connectivity index (χ4v) is 9.80. The van der Waals surface area contributed by atoms with E-state index in [2.05, 4.69) is 43.6 Å². The maximum Gasteiger partial charge on any atom is 0.315 e. The van der Waals surface area contributed by atoms with E-state index in [1.165, 1.54) is 17.7 Å². The lowest BCUT2D eigenvalue weighted by atomic mass is 9.73. The van der Waals surface area contributed by atoms with Crippen molar-refractivity contribution in [3.8, 4) is 0 Å². The van der Waals surface area contributed by atoms with Crippen LogP contribution in [0.2, 0.25) is 0 Å². The summed E-state index contributed by atoms with van der Waals surface area (Å²) in [5, 5.41) is 18.0. The van der Waals surface area contributed by atoms with Crippen LogP contribution in [0.25, 0.3) is 0 Å². The molecule has 324 valence electrons. The second-order valence-corrected chi connectivity index (χ2v) is 19.5. The average molecular weight is 802 g/mol. The van der Waals surface area contributed by atoms with Gasteiger partial charge in [-0.25, -0.2) is 13.2 Å². The molecule has 0 spiro atoms. The molecule has 3 aliphatic rings. The first-order chi connectivity index (χ1) is 25.9. The van der Waals surface area contributed by atoms with Gasteiger partial charge in [0, 0.05) is 6.54 Å². The van der Waals surface area contributed by atoms with E-state index in [-0.39, 0.29) is 11.8 Å². The Morgan fingerprint density at radius 1 is 0.891 bits per heavy atom. The number of ketones is 1. The predicted molar refractivity (Wildman–Crippen MR) is 225 cm³/mol. The van der Waals surface area contributed by atoms with E-state index >= 15 is 0 Å². The molecule has 4 amide bonds. The van der Waals surface area contributed by atoms with Gasteiger partial charge in [0.2, 0.25) is 11.8 Å². The van der Waals surface area contributed by atoms with Crippen LogP contribution in [0.1, 0.15) is 192 Å². The Bertz CT molecular complexity index is 1230. The monoisotopic (exact) mass is 802 g/mol. The predicted octanol–water partition coefficient (Wildman–Crippen LogP) is 7.30. The molecule has 2 saturated heterocycles. The summed E-state index contributed by atoms with van der Waals surface area (Å²) in [6, 6.07) is -3.30. The van der Waals surface area contributed by atoms with E-state index in [0.717, 1.165) is 57.8 Å². The standard InChI is InChI=1S/C34H61N5O7S.2C3H8.C2H6/c1-23(2)47(45,46)33(4,5)34(19-15-12-16-20-34)38-32(44)37-26-18-14-11-9-7-6-8-10-13-17-25(28(40)29(35)41)36-30(42)27-21-24(3)22-39(27)31(26)43;2*1-3-2;1-2/h23-27,29,41H,6-22,35H2,1-5H3,(H,36,42)(H2,37,38,44);2*3H2,1-2H3;1-2H3/t24-,25+,26+,27?,29?;;;/m1.../s1. The third kappa shape index (κ3) is 15.9. The fraction of sp³-hybridized carbons (Fsp3) is 0.905. The smallest absolute Gasteiger partial charge is 0.315 e. The Morgan fingerprint density at radius 2 is 1.35 bits per heavy atom. The Balaban J connectivity index is 0.00000336. The Hall–Kier alpha value is -2.25. The molecule has 5 atom stereocenters. The summed E-state index contributed by atoms with van der Waals surface area (Å²) in [7, 11) is -3.62. The van der Waals surface area contributed by atoms with Crippen LogP contribution >= 0.6 is 0 Å². The van der Waals surface area contributed by atoms with Gasteiger partial charge < -0.3 is 26.0 Å². The van der Waals surface area contributed by atoms with Gasteiger partial charge in [0.05, 0.1) is 21.6 Å². The molecule has 12 nitrogen and oxygen atoms in total. The summed E-state index contributed by atoms with van der Waals surface area (Å²) in [4.78, 5) is 55.9. The highest BCUT2D eigenvalue weighted by molar-refractivity contribution is 7.93. The topological polar surface area (TPSA) is 188 Å². The van der Waals surface area contributed by atoms with E-state index in [1.807, 2.05) is 20.8 Å². The maximum absolute atomic E-state index is 14.2. The van der Waals surface area contributed by atoms with Gasteiger partial charge in [0.25, 0.3) is 0 Å². The van der Waals surface area contributed by atoms with Gasteiger partial charge in [-0.2, -0.15) is 0 Å². The highest BCUT2D eigenvalue weighted by Gasteiger charge is 2.55. The number of urea groups is 1. The molecule has 0 aromatic heterocycles. The molecule has 3 fully saturated rings. The SMILES string of the molecule is CC.CC(C)S(=O)(=O)C(C)(C)C1(NC(=O)N[C@H]2CCCCCCCCCC[C@@H](C(=O)C(N)O)NC(=O)C3C[C@@H](C)CN3C2=O)CCCCC1.CCC.CCC. The van der Waals surface area contributed by atoms with Gasteiger partial charge in [-0.05, 0) is 65.7 Å². The molecule has 0 aromatic rings. The van der Waals surface area contributed by atoms with Gasteiger partial charge in [0.15, 0.2) is 21.8 Å². The number of fused-ring (bicyclic) bond motifs is 1. The number of sulfone groups is 1. The summed E-state index contributed by atoms with van der Waals surface area (Å²) >= 11 is 0. The molecular formula is C42H83N5O7S. The molecule has 0 bridgehead atoms. The fourth-order valence-electron chi connectivity index (χ4n) is 7.82. The summed E-state index contributed by atoms with van der Waals surface area (Å²) in [6.45, 7) is 21.5. The number of carbonyl (C=O) groups is 4. The molecule has 55 heavy (non-hydrogen) atoms. The Labute approximate surface area is 336 Å². The minimum absolute atomic E-state index is 0.0107. The normalized spacial score (nSPS) is 24.8. The van der Waals surface area contributed by atoms with E-state index in [9.17, 15) is 32.7 Å². The first-order valence-corrected chi connectivity index (χ1v) is 23.3. The molecule has 2 unspecified atom stereocenters. The molecule has 6 N–H and O–H groups in total. The number of nitrogens with zero attached hydrogens (tertiary/aromatic N) is 1. The van der Waals surface area contributed by atoms with Gasteiger partial charge >= 0.3 is 6.03 Å². The van der Waals surface area contributed by atoms with Crippen LogP contribution in [-0.4, -0.2) is 88.5 Å². The van der Waals surface area contributed by atoms with E-state index in [0.29, 0.717) is 51.5 Å². The summed E-state index contributed by atoms with van der Waals surface area (Å²) in [5.41, 5.74) is 4.49. The van der Waals surface area contributed by atoms with Crippen molar-refractivity contribution in [3.63, 3.8) is 0 Å². The number of Topliss-reactive ketones (excluding diaryl/α,β-unsaturated/α-hetero) is 1. The van der Waals surface area contributed by atoms with Crippen LogP contribution in [0.3, 0.4) is 0 Å². The molecule has 1 saturated carbocycles. The van der Waals surface area contributed by atoms with Gasteiger partial charge in [0.1, 0.15) is 12.1 Å². The van der Waals surface area contributed by atoms with Crippen molar-refractivity contribution in [3.05, 3.63) is 0 Å². The molecule has 1 aliphatic carbocycles. The first kappa shape index (κ1) is 52.8. The quantitative estimate of drug-likeness (QED) is 0.166. The third-order valence-electron chi connectivity index (χ3n) is 10.9. The molecular weight excluding hydrogens is 719 g/mol. The van der Waals surface area contributed by atoms with Crippen molar-refractivity contribution in [1.29, 1.82) is 0 Å². The molecule has 3 rings (SSSR count). The largest absolute Gasteiger partial charge is 0.371 e. The number of hydrogen-bond donors (Lipinski definition) is 5. The van der Waals surface area contributed by atoms with Gasteiger partial charge in [-0.1, -0.05) is 132 Å². The number of nitrogens with one attached hydrogen (secondary N) is 3. The number of aliphatic hydroxyl groups is 1. The number of rotatable bonds is 7. The van der Waals surface area contributed by atoms with E-state index < -0.39 is 67.4 Å². The van der Waals surface area contributed by atoms with Crippen molar-refractivity contribution in [2.24, 2.45) is 11.7 Å². The Kier molecular flexibility index (Phi) is 25.5. The average Bonchev–Trinajstić information content (AvgIpc) is 3.53. The van der Waals surface area contributed by atoms with Crippen molar-refractivity contribution in [2.45, 2.75) is 232 Å². The van der Waals surface area contributed by atoms with Gasteiger partial charge in [-0.3, -0.25) is 20.1 Å². The first-order valence-electron chi connectivity index (χ1n) is 21.8. The highest BCUT2D eigenvalue weighted by Crippen LogP contribution is 2.43. The second kappa shape index (κ2) is 26.6. The maximum atomic E-state index is 14.2. The second-order valence-electron chi connectivity index (χ2n) is 16.5. The number of hydrogen-bond acceptors (Lipinski definition) is 8. The zero-order valence-corrected chi connectivity index (χ0v) is 37.5. The minimum Gasteiger partial charge on any atom is -0.371 e. The highest BCUT2D eigenvalue weighted by atomic mass is 32.2. The van der Waals surface area contributed by atoms with Crippen molar-refractivity contribution in [1.82, 2.24) is 20.9 Å². The lowest BCUT2D eigenvalue weighted by Gasteiger charge is -2.49. The lowest BCUT2D eigenvalue weighted by molar-refractivity contribution is -0.141. The number of nitrogens with two attached hydrogens (primary N) is 1. The van der Waals surface area contributed by atoms with Crippen LogP contribution in [0.5, 0.6) is 0 Å². The minimum atomic E-state index is -3.62. The zero-order valence-electron chi connectivity index (χ0n) is 36.7. The lowest BCUT2D eigenvalue weighted by Crippen LogP contribution is -2.68. The van der Waals surface area contributed by atoms with Crippen molar-refractivity contribution >= 4 is 33.5 Å². The summed E-state index contributed by atoms with van der Waals surface area (Å²) < 4.78 is 25.9. The van der Waals surface area contributed by atoms with Crippen molar-refractivity contribution < 1.29 is 32.7 Å². The molecule has 2 aliphatic heterocycles. The van der Waals surface area contributed by atoms with Crippen LogP contribution in [0.4, 0.5) is 4.79 Å². The molecule has 0 aromatic carbocycles. The Morgan fingerprint density at radius 3 is 1.82 bits per heavy atom.